The first kappa shape index (κ1) is 20.7. The first-order valence-electron chi connectivity index (χ1n) is 9.20. The van der Waals surface area contributed by atoms with Gasteiger partial charge in [-0.15, -0.1) is 0 Å². The number of allylic oxidation sites excluding steroid dienone is 1. The molecule has 4 heteroatoms. The van der Waals surface area contributed by atoms with Gasteiger partial charge in [-0.1, -0.05) is 87.2 Å². The summed E-state index contributed by atoms with van der Waals surface area (Å²) in [5.74, 6) is 0.000455. The van der Waals surface area contributed by atoms with Gasteiger partial charge in [-0.3, -0.25) is 0 Å². The van der Waals surface area contributed by atoms with Gasteiger partial charge >= 0.3 is 0 Å². The van der Waals surface area contributed by atoms with Crippen LogP contribution >= 0.6 is 0 Å². The number of sulfone groups is 1. The van der Waals surface area contributed by atoms with Crippen molar-refractivity contribution in [1.82, 2.24) is 0 Å². The van der Waals surface area contributed by atoms with Crippen LogP contribution in [-0.4, -0.2) is 21.7 Å². The maximum Gasteiger partial charge on any atom is 0.185 e. The van der Waals surface area contributed by atoms with E-state index in [0.29, 0.717) is 4.90 Å². The Morgan fingerprint density at radius 3 is 2.00 bits per heavy atom. The van der Waals surface area contributed by atoms with E-state index < -0.39 is 23.2 Å². The van der Waals surface area contributed by atoms with Gasteiger partial charge in [0, 0.05) is 8.07 Å². The van der Waals surface area contributed by atoms with E-state index in [0.717, 1.165) is 12.5 Å². The molecule has 2 aromatic carbocycles. The summed E-state index contributed by atoms with van der Waals surface area (Å²) in [6, 6.07) is 19.9. The lowest BCUT2D eigenvalue weighted by Crippen LogP contribution is -2.28. The van der Waals surface area contributed by atoms with Crippen molar-refractivity contribution in [3.63, 3.8) is 0 Å². The second-order valence-electron chi connectivity index (χ2n) is 8.18. The molecule has 0 fully saturated rings. The fraction of sp³-hybridized carbons (Fsp3) is 0.364. The summed E-state index contributed by atoms with van der Waals surface area (Å²) >= 11 is 0. The van der Waals surface area contributed by atoms with Crippen molar-refractivity contribution in [1.29, 1.82) is 0 Å². The number of benzene rings is 2. The summed E-state index contributed by atoms with van der Waals surface area (Å²) in [5, 5.41) is -0.513. The van der Waals surface area contributed by atoms with Gasteiger partial charge in [0.15, 0.2) is 9.84 Å². The molecule has 26 heavy (non-hydrogen) atoms. The SMILES string of the molecule is CC(Cc1ccccc1)C(/C=C/C[Si](C)(C)C)S(=O)(=O)c1ccccc1. The summed E-state index contributed by atoms with van der Waals surface area (Å²) in [6.07, 6.45) is 4.78. The Balaban J connectivity index is 2.32. The second-order valence-corrected chi connectivity index (χ2v) is 15.8. The van der Waals surface area contributed by atoms with E-state index >= 15 is 0 Å². The summed E-state index contributed by atoms with van der Waals surface area (Å²) < 4.78 is 26.6. The summed E-state index contributed by atoms with van der Waals surface area (Å²) in [5.41, 5.74) is 1.17. The Bertz CT molecular complexity index is 806. The van der Waals surface area contributed by atoms with Crippen molar-refractivity contribution < 1.29 is 8.42 Å². The minimum atomic E-state index is -3.41. The van der Waals surface area contributed by atoms with E-state index in [4.69, 9.17) is 0 Å². The molecular weight excluding hydrogens is 356 g/mol. The normalized spacial score (nSPS) is 15.1. The quantitative estimate of drug-likeness (QED) is 0.437. The van der Waals surface area contributed by atoms with Crippen molar-refractivity contribution >= 4 is 17.9 Å². The molecule has 0 saturated heterocycles. The van der Waals surface area contributed by atoms with E-state index in [2.05, 4.69) is 37.8 Å². The molecular formula is C22H30O2SSi. The van der Waals surface area contributed by atoms with E-state index in [9.17, 15) is 8.42 Å². The average molecular weight is 387 g/mol. The molecule has 0 aliphatic heterocycles. The number of hydrogen-bond acceptors (Lipinski definition) is 2. The average Bonchev–Trinajstić information content (AvgIpc) is 2.59. The molecule has 2 unspecified atom stereocenters. The van der Waals surface area contributed by atoms with Crippen molar-refractivity contribution in [3.8, 4) is 0 Å². The molecule has 2 nitrogen and oxygen atoms in total. The predicted molar refractivity (Wildman–Crippen MR) is 114 cm³/mol. The summed E-state index contributed by atoms with van der Waals surface area (Å²) in [7, 11) is -4.66. The Morgan fingerprint density at radius 1 is 0.923 bits per heavy atom. The fourth-order valence-electron chi connectivity index (χ4n) is 3.02. The van der Waals surface area contributed by atoms with Crippen LogP contribution in [0.2, 0.25) is 25.7 Å². The van der Waals surface area contributed by atoms with Crippen LogP contribution in [0, 0.1) is 5.92 Å². The molecule has 0 heterocycles. The van der Waals surface area contributed by atoms with Crippen LogP contribution < -0.4 is 0 Å². The van der Waals surface area contributed by atoms with Crippen LogP contribution in [0.3, 0.4) is 0 Å². The van der Waals surface area contributed by atoms with Crippen LogP contribution in [0.1, 0.15) is 12.5 Å². The minimum Gasteiger partial charge on any atom is -0.223 e. The highest BCUT2D eigenvalue weighted by Crippen LogP contribution is 2.26. The van der Waals surface area contributed by atoms with Crippen LogP contribution in [0.25, 0.3) is 0 Å². The Kier molecular flexibility index (Phi) is 7.01. The zero-order valence-corrected chi connectivity index (χ0v) is 18.0. The summed E-state index contributed by atoms with van der Waals surface area (Å²) in [6.45, 7) is 8.93. The molecule has 0 amide bonds. The molecule has 0 spiro atoms. The van der Waals surface area contributed by atoms with Crippen molar-refractivity contribution in [2.45, 2.75) is 49.2 Å². The second kappa shape index (κ2) is 8.83. The molecule has 0 saturated carbocycles. The van der Waals surface area contributed by atoms with E-state index in [1.807, 2.05) is 37.3 Å². The van der Waals surface area contributed by atoms with Gasteiger partial charge in [-0.2, -0.15) is 0 Å². The Hall–Kier alpha value is -1.65. The van der Waals surface area contributed by atoms with Gasteiger partial charge in [-0.25, -0.2) is 8.42 Å². The first-order valence-corrected chi connectivity index (χ1v) is 14.4. The lowest BCUT2D eigenvalue weighted by molar-refractivity contribution is 0.538. The van der Waals surface area contributed by atoms with Gasteiger partial charge < -0.3 is 0 Å². The number of hydrogen-bond donors (Lipinski definition) is 0. The molecule has 2 rings (SSSR count). The highest BCUT2D eigenvalue weighted by molar-refractivity contribution is 7.92. The molecule has 0 bridgehead atoms. The van der Waals surface area contributed by atoms with Gasteiger partial charge in [0.25, 0.3) is 0 Å². The minimum absolute atomic E-state index is 0.000455. The van der Waals surface area contributed by atoms with Gasteiger partial charge in [-0.05, 0) is 36.1 Å². The first-order chi connectivity index (χ1) is 12.2. The van der Waals surface area contributed by atoms with Crippen LogP contribution in [0.15, 0.2) is 77.7 Å². The summed E-state index contributed by atoms with van der Waals surface area (Å²) in [4.78, 5) is 0.405. The fourth-order valence-corrected chi connectivity index (χ4v) is 5.74. The van der Waals surface area contributed by atoms with Crippen LogP contribution in [0.4, 0.5) is 0 Å². The largest absolute Gasteiger partial charge is 0.223 e. The standard InChI is InChI=1S/C22H30O2SSi/c1-19(18-20-12-7-5-8-13-20)22(16-11-17-26(2,3)4)25(23,24)21-14-9-6-10-15-21/h5-16,19,22H,17-18H2,1-4H3/b16-11+. The number of rotatable bonds is 8. The maximum absolute atomic E-state index is 13.3. The van der Waals surface area contributed by atoms with E-state index in [-0.39, 0.29) is 5.92 Å². The molecule has 140 valence electrons. The van der Waals surface area contributed by atoms with E-state index in [1.165, 1.54) is 5.56 Å². The topological polar surface area (TPSA) is 34.1 Å². The molecule has 2 aromatic rings. The molecule has 0 N–H and O–H groups in total. The molecule has 0 aliphatic rings. The van der Waals surface area contributed by atoms with Crippen molar-refractivity contribution in [2.75, 3.05) is 0 Å². The van der Waals surface area contributed by atoms with Crippen LogP contribution in [-0.2, 0) is 16.3 Å². The van der Waals surface area contributed by atoms with Gasteiger partial charge in [0.1, 0.15) is 0 Å². The van der Waals surface area contributed by atoms with Crippen LogP contribution in [0.5, 0.6) is 0 Å². The monoisotopic (exact) mass is 386 g/mol. The van der Waals surface area contributed by atoms with Gasteiger partial charge in [0.2, 0.25) is 0 Å². The zero-order valence-electron chi connectivity index (χ0n) is 16.2. The lowest BCUT2D eigenvalue weighted by Gasteiger charge is -2.22. The van der Waals surface area contributed by atoms with Crippen molar-refractivity contribution in [3.05, 3.63) is 78.4 Å². The van der Waals surface area contributed by atoms with Crippen molar-refractivity contribution in [2.24, 2.45) is 5.92 Å². The highest BCUT2D eigenvalue weighted by Gasteiger charge is 2.30. The van der Waals surface area contributed by atoms with Gasteiger partial charge in [0.05, 0.1) is 10.1 Å². The highest BCUT2D eigenvalue weighted by atomic mass is 32.2. The van der Waals surface area contributed by atoms with E-state index in [1.54, 1.807) is 24.3 Å². The third-order valence-corrected chi connectivity index (χ3v) is 8.18. The Morgan fingerprint density at radius 2 is 1.46 bits per heavy atom. The molecule has 0 aliphatic carbocycles. The zero-order chi connectivity index (χ0) is 19.2. The third kappa shape index (κ3) is 5.96. The predicted octanol–water partition coefficient (Wildman–Crippen LogP) is 5.60. The lowest BCUT2D eigenvalue weighted by atomic mass is 9.97. The smallest absolute Gasteiger partial charge is 0.185 e. The third-order valence-electron chi connectivity index (χ3n) is 4.45. The maximum atomic E-state index is 13.3. The molecule has 0 radical (unpaired) electrons. The molecule has 0 aromatic heterocycles. The Labute approximate surface area is 159 Å². The molecule has 2 atom stereocenters.